The number of nitrogens with one attached hydrogen (secondary N) is 1. The molecule has 1 N–H and O–H groups in total. The van der Waals surface area contributed by atoms with Crippen molar-refractivity contribution < 1.29 is 8.81 Å². The van der Waals surface area contributed by atoms with Gasteiger partial charge in [-0.25, -0.2) is 4.39 Å². The zero-order valence-corrected chi connectivity index (χ0v) is 10.7. The van der Waals surface area contributed by atoms with Crippen LogP contribution < -0.4 is 0 Å². The Morgan fingerprint density at radius 1 is 0.947 bits per heavy atom. The van der Waals surface area contributed by atoms with E-state index in [1.165, 1.54) is 12.1 Å². The second-order valence-electron chi connectivity index (χ2n) is 4.09. The van der Waals surface area contributed by atoms with Crippen LogP contribution in [0.25, 0.3) is 22.5 Å². The SMILES string of the molecule is Fc1ccc(-c2ccccc2-c2c[nH]c(=S)o2)cc1. The van der Waals surface area contributed by atoms with Gasteiger partial charge in [0.15, 0.2) is 5.76 Å². The molecule has 3 aromatic rings. The summed E-state index contributed by atoms with van der Waals surface area (Å²) < 4.78 is 18.4. The van der Waals surface area contributed by atoms with Gasteiger partial charge in [-0.1, -0.05) is 36.4 Å². The molecule has 3 rings (SSSR count). The monoisotopic (exact) mass is 271 g/mol. The molecule has 0 bridgehead atoms. The van der Waals surface area contributed by atoms with Gasteiger partial charge in [0.25, 0.3) is 4.84 Å². The van der Waals surface area contributed by atoms with Crippen LogP contribution in [-0.4, -0.2) is 4.98 Å². The summed E-state index contributed by atoms with van der Waals surface area (Å²) in [4.78, 5) is 3.18. The minimum Gasteiger partial charge on any atom is -0.429 e. The lowest BCUT2D eigenvalue weighted by Crippen LogP contribution is -1.83. The minimum absolute atomic E-state index is 0.250. The smallest absolute Gasteiger partial charge is 0.266 e. The molecule has 4 heteroatoms. The molecule has 0 atom stereocenters. The van der Waals surface area contributed by atoms with Gasteiger partial charge in [0, 0.05) is 11.8 Å². The van der Waals surface area contributed by atoms with E-state index in [9.17, 15) is 4.39 Å². The Balaban J connectivity index is 2.17. The molecule has 1 heterocycles. The fraction of sp³-hybridized carbons (Fsp3) is 0. The predicted octanol–water partition coefficient (Wildman–Crippen LogP) is 4.81. The number of oxazole rings is 1. The van der Waals surface area contributed by atoms with E-state index < -0.39 is 0 Å². The van der Waals surface area contributed by atoms with E-state index in [4.69, 9.17) is 16.6 Å². The molecule has 0 unspecified atom stereocenters. The van der Waals surface area contributed by atoms with Crippen LogP contribution in [0.2, 0.25) is 0 Å². The zero-order valence-electron chi connectivity index (χ0n) is 9.89. The molecule has 0 aliphatic rings. The van der Waals surface area contributed by atoms with E-state index in [1.807, 2.05) is 24.3 Å². The Bertz CT molecular complexity index is 758. The lowest BCUT2D eigenvalue weighted by Gasteiger charge is -2.07. The van der Waals surface area contributed by atoms with E-state index in [-0.39, 0.29) is 5.82 Å². The van der Waals surface area contributed by atoms with E-state index in [2.05, 4.69) is 4.98 Å². The van der Waals surface area contributed by atoms with Gasteiger partial charge in [-0.3, -0.25) is 0 Å². The van der Waals surface area contributed by atoms with Gasteiger partial charge in [0.05, 0.1) is 0 Å². The van der Waals surface area contributed by atoms with Crippen molar-refractivity contribution in [1.82, 2.24) is 4.98 Å². The van der Waals surface area contributed by atoms with E-state index in [0.717, 1.165) is 16.7 Å². The molecule has 1 aromatic heterocycles. The number of aromatic amines is 1. The Labute approximate surface area is 114 Å². The first-order chi connectivity index (χ1) is 9.24. The quantitative estimate of drug-likeness (QED) is 0.677. The largest absolute Gasteiger partial charge is 0.429 e. The van der Waals surface area contributed by atoms with Crippen LogP contribution in [-0.2, 0) is 0 Å². The third-order valence-electron chi connectivity index (χ3n) is 2.87. The van der Waals surface area contributed by atoms with Crippen molar-refractivity contribution >= 4 is 12.2 Å². The number of hydrogen-bond acceptors (Lipinski definition) is 2. The summed E-state index contributed by atoms with van der Waals surface area (Å²) in [5.74, 6) is 0.422. The van der Waals surface area contributed by atoms with Gasteiger partial charge in [-0.15, -0.1) is 0 Å². The molecular weight excluding hydrogens is 261 g/mol. The fourth-order valence-corrected chi connectivity index (χ4v) is 2.14. The molecule has 0 saturated heterocycles. The van der Waals surface area contributed by atoms with Crippen molar-refractivity contribution in [2.75, 3.05) is 0 Å². The third-order valence-corrected chi connectivity index (χ3v) is 3.07. The minimum atomic E-state index is -0.250. The van der Waals surface area contributed by atoms with Crippen LogP contribution in [0.5, 0.6) is 0 Å². The summed E-state index contributed by atoms with van der Waals surface area (Å²) in [5.41, 5.74) is 2.82. The van der Waals surface area contributed by atoms with Gasteiger partial charge in [0.2, 0.25) is 0 Å². The molecule has 0 aliphatic heterocycles. The first kappa shape index (κ1) is 11.9. The van der Waals surface area contributed by atoms with Crippen LogP contribution >= 0.6 is 12.2 Å². The van der Waals surface area contributed by atoms with Crippen molar-refractivity contribution in [3.05, 3.63) is 65.4 Å². The Hall–Kier alpha value is -2.20. The summed E-state index contributed by atoms with van der Waals surface area (Å²) in [6.45, 7) is 0. The Kier molecular flexibility index (Phi) is 3.01. The maximum atomic E-state index is 13.0. The highest BCUT2D eigenvalue weighted by Gasteiger charge is 2.09. The molecule has 0 fully saturated rings. The van der Waals surface area contributed by atoms with Crippen molar-refractivity contribution in [3.8, 4) is 22.5 Å². The number of H-pyrrole nitrogens is 1. The van der Waals surface area contributed by atoms with Crippen LogP contribution in [0.1, 0.15) is 0 Å². The summed E-state index contributed by atoms with van der Waals surface area (Å²) in [6, 6.07) is 14.1. The van der Waals surface area contributed by atoms with Crippen LogP contribution in [0.4, 0.5) is 4.39 Å². The summed E-state index contributed by atoms with van der Waals surface area (Å²) in [5, 5.41) is 0. The van der Waals surface area contributed by atoms with Gasteiger partial charge in [-0.05, 0) is 35.5 Å². The fourth-order valence-electron chi connectivity index (χ4n) is 2.00. The number of hydrogen-bond donors (Lipinski definition) is 1. The van der Waals surface area contributed by atoms with E-state index in [1.54, 1.807) is 18.3 Å². The van der Waals surface area contributed by atoms with Gasteiger partial charge >= 0.3 is 0 Å². The number of rotatable bonds is 2. The van der Waals surface area contributed by atoms with Gasteiger partial charge < -0.3 is 9.40 Å². The second kappa shape index (κ2) is 4.82. The second-order valence-corrected chi connectivity index (χ2v) is 4.47. The zero-order chi connectivity index (χ0) is 13.2. The van der Waals surface area contributed by atoms with E-state index in [0.29, 0.717) is 10.6 Å². The maximum absolute atomic E-state index is 13.0. The lowest BCUT2D eigenvalue weighted by molar-refractivity contribution is 0.554. The normalized spacial score (nSPS) is 10.6. The first-order valence-electron chi connectivity index (χ1n) is 5.78. The molecule has 94 valence electrons. The van der Waals surface area contributed by atoms with Crippen molar-refractivity contribution in [3.63, 3.8) is 0 Å². The summed E-state index contributed by atoms with van der Waals surface area (Å²) in [6.07, 6.45) is 1.73. The molecule has 19 heavy (non-hydrogen) atoms. The lowest BCUT2D eigenvalue weighted by atomic mass is 9.98. The Morgan fingerprint density at radius 2 is 1.63 bits per heavy atom. The molecule has 0 spiro atoms. The van der Waals surface area contributed by atoms with E-state index >= 15 is 0 Å². The van der Waals surface area contributed by atoms with Crippen LogP contribution in [0.15, 0.2) is 59.1 Å². The summed E-state index contributed by atoms with van der Waals surface area (Å²) in [7, 11) is 0. The highest BCUT2D eigenvalue weighted by atomic mass is 32.1. The van der Waals surface area contributed by atoms with Crippen LogP contribution in [0.3, 0.4) is 0 Å². The highest BCUT2D eigenvalue weighted by molar-refractivity contribution is 7.71. The third kappa shape index (κ3) is 2.35. The first-order valence-corrected chi connectivity index (χ1v) is 6.19. The summed E-state index contributed by atoms with van der Waals surface area (Å²) >= 11 is 4.94. The maximum Gasteiger partial charge on any atom is 0.266 e. The van der Waals surface area contributed by atoms with Crippen molar-refractivity contribution in [2.24, 2.45) is 0 Å². The number of aromatic nitrogens is 1. The molecule has 0 aliphatic carbocycles. The Morgan fingerprint density at radius 3 is 2.26 bits per heavy atom. The molecule has 2 aromatic carbocycles. The topological polar surface area (TPSA) is 28.9 Å². The number of benzene rings is 2. The van der Waals surface area contributed by atoms with Crippen molar-refractivity contribution in [2.45, 2.75) is 0 Å². The predicted molar refractivity (Wildman–Crippen MR) is 74.7 cm³/mol. The molecule has 0 amide bonds. The van der Waals surface area contributed by atoms with Gasteiger partial charge in [0.1, 0.15) is 5.82 Å². The molecule has 0 saturated carbocycles. The molecular formula is C15H10FNOS. The average Bonchev–Trinajstić information content (AvgIpc) is 2.86. The molecule has 2 nitrogen and oxygen atoms in total. The average molecular weight is 271 g/mol. The number of halogens is 1. The highest BCUT2D eigenvalue weighted by Crippen LogP contribution is 2.31. The standard InChI is InChI=1S/C15H10FNOS/c16-11-7-5-10(6-8-11)12-3-1-2-4-13(12)14-9-17-15(19)18-14/h1-9H,(H,17,19). The molecule has 0 radical (unpaired) electrons. The van der Waals surface area contributed by atoms with Gasteiger partial charge in [-0.2, -0.15) is 0 Å². The van der Waals surface area contributed by atoms with Crippen molar-refractivity contribution in [1.29, 1.82) is 0 Å². The van der Waals surface area contributed by atoms with Crippen LogP contribution in [0, 0.1) is 10.7 Å².